The Morgan fingerprint density at radius 1 is 0.696 bits per heavy atom. The van der Waals surface area contributed by atoms with Crippen molar-refractivity contribution in [1.82, 2.24) is 16.0 Å². The van der Waals surface area contributed by atoms with Crippen LogP contribution < -0.4 is 16.0 Å². The zero-order valence-electron chi connectivity index (χ0n) is 16.7. The molecule has 0 spiro atoms. The molecule has 4 nitrogen and oxygen atoms in total. The highest BCUT2D eigenvalue weighted by Gasteiger charge is 2.12. The number of hydrogen-bond donors (Lipinski definition) is 3. The molecule has 0 aliphatic carbocycles. The van der Waals surface area contributed by atoms with E-state index in [0.717, 1.165) is 6.61 Å². The third-order valence-corrected chi connectivity index (χ3v) is 3.69. The van der Waals surface area contributed by atoms with Crippen LogP contribution in [0.2, 0.25) is 0 Å². The van der Waals surface area contributed by atoms with Crippen molar-refractivity contribution in [3.05, 3.63) is 0 Å². The molecule has 0 aromatic heterocycles. The third kappa shape index (κ3) is 19.8. The summed E-state index contributed by atoms with van der Waals surface area (Å²) < 4.78 is 4.96. The van der Waals surface area contributed by atoms with Crippen LogP contribution in [-0.4, -0.2) is 52.5 Å². The van der Waals surface area contributed by atoms with Crippen molar-refractivity contribution in [2.75, 3.05) is 46.4 Å². The van der Waals surface area contributed by atoms with Gasteiger partial charge in [0, 0.05) is 13.2 Å². The lowest BCUT2D eigenvalue weighted by molar-refractivity contribution is 0.173. The fourth-order valence-electron chi connectivity index (χ4n) is 2.53. The molecule has 0 radical (unpaired) electrons. The number of nitrogens with one attached hydrogen (secondary N) is 3. The Hall–Kier alpha value is -0.160. The first-order valence-corrected chi connectivity index (χ1v) is 10.1. The van der Waals surface area contributed by atoms with Gasteiger partial charge in [-0.1, -0.05) is 34.1 Å². The maximum atomic E-state index is 4.96. The summed E-state index contributed by atoms with van der Waals surface area (Å²) in [6.45, 7) is 15.0. The van der Waals surface area contributed by atoms with Crippen LogP contribution in [-0.2, 0) is 4.74 Å². The molecule has 3 heterocycles. The third-order valence-electron chi connectivity index (χ3n) is 3.69. The van der Waals surface area contributed by atoms with E-state index >= 15 is 0 Å². The topological polar surface area (TPSA) is 45.3 Å². The molecular weight excluding hydrogens is 286 g/mol. The number of piperidine rings is 1. The van der Waals surface area contributed by atoms with Crippen LogP contribution in [0.1, 0.15) is 72.6 Å². The SMILES string of the molecule is C1CCNC1.C1CCNCC1.CC.CC.COCC1CCCN1. The Bertz CT molecular complexity index is 158. The minimum absolute atomic E-state index is 0.639. The molecule has 3 fully saturated rings. The average Bonchev–Trinajstić information content (AvgIpc) is 3.38. The first kappa shape index (κ1) is 25.1. The molecule has 3 saturated heterocycles. The Morgan fingerprint density at radius 3 is 1.43 bits per heavy atom. The molecule has 0 aromatic carbocycles. The van der Waals surface area contributed by atoms with E-state index < -0.39 is 0 Å². The lowest BCUT2D eigenvalue weighted by atomic mass is 10.2. The summed E-state index contributed by atoms with van der Waals surface area (Å²) in [4.78, 5) is 0. The van der Waals surface area contributed by atoms with E-state index in [2.05, 4.69) is 16.0 Å². The summed E-state index contributed by atoms with van der Waals surface area (Å²) in [5.74, 6) is 0. The van der Waals surface area contributed by atoms with Crippen LogP contribution in [0.25, 0.3) is 0 Å². The number of ether oxygens (including phenoxy) is 1. The van der Waals surface area contributed by atoms with Gasteiger partial charge in [-0.05, 0) is 71.2 Å². The smallest absolute Gasteiger partial charge is 0.0615 e. The first-order chi connectivity index (χ1) is 11.4. The van der Waals surface area contributed by atoms with Gasteiger partial charge in [0.2, 0.25) is 0 Å². The summed E-state index contributed by atoms with van der Waals surface area (Å²) in [6, 6.07) is 0.639. The van der Waals surface area contributed by atoms with Crippen LogP contribution in [0.15, 0.2) is 0 Å². The standard InChI is InChI=1S/C6H13NO.C5H11N.C4H9N.2C2H6/c1-8-5-6-3-2-4-7-6;1-2-4-6-5-3-1;1-2-4-5-3-1;2*1-2/h6-7H,2-5H2,1H3;6H,1-5H2;5H,1-4H2;2*1-2H3. The Balaban J connectivity index is 0. The van der Waals surface area contributed by atoms with Gasteiger partial charge in [-0.3, -0.25) is 0 Å². The van der Waals surface area contributed by atoms with Crippen molar-refractivity contribution in [3.63, 3.8) is 0 Å². The molecule has 142 valence electrons. The van der Waals surface area contributed by atoms with Crippen molar-refractivity contribution in [1.29, 1.82) is 0 Å². The summed E-state index contributed by atoms with van der Waals surface area (Å²) in [5.41, 5.74) is 0. The monoisotopic (exact) mass is 331 g/mol. The molecule has 0 amide bonds. The molecule has 0 saturated carbocycles. The van der Waals surface area contributed by atoms with Crippen molar-refractivity contribution in [3.8, 4) is 0 Å². The average molecular weight is 332 g/mol. The predicted octanol–water partition coefficient (Wildman–Crippen LogP) is 3.57. The highest BCUT2D eigenvalue weighted by atomic mass is 16.5. The molecule has 0 aromatic rings. The minimum Gasteiger partial charge on any atom is -0.383 e. The van der Waals surface area contributed by atoms with Crippen molar-refractivity contribution in [2.24, 2.45) is 0 Å². The van der Waals surface area contributed by atoms with E-state index in [1.54, 1.807) is 7.11 Å². The zero-order chi connectivity index (χ0) is 17.6. The lowest BCUT2D eigenvalue weighted by Gasteiger charge is -2.08. The number of methoxy groups -OCH3 is 1. The molecule has 3 aliphatic rings. The highest BCUT2D eigenvalue weighted by Crippen LogP contribution is 2.03. The molecule has 4 heteroatoms. The number of rotatable bonds is 2. The van der Waals surface area contributed by atoms with Gasteiger partial charge < -0.3 is 20.7 Å². The molecule has 1 atom stereocenters. The van der Waals surface area contributed by atoms with Crippen LogP contribution in [0.5, 0.6) is 0 Å². The molecular formula is C19H45N3O. The summed E-state index contributed by atoms with van der Waals surface area (Å²) >= 11 is 0. The Labute approximate surface area is 146 Å². The van der Waals surface area contributed by atoms with Crippen molar-refractivity contribution < 1.29 is 4.74 Å². The van der Waals surface area contributed by atoms with E-state index in [1.165, 1.54) is 77.7 Å². The fraction of sp³-hybridized carbons (Fsp3) is 1.00. The summed E-state index contributed by atoms with van der Waals surface area (Å²) in [6.07, 6.45) is 9.59. The summed E-state index contributed by atoms with van der Waals surface area (Å²) in [7, 11) is 1.75. The first-order valence-electron chi connectivity index (χ1n) is 10.1. The number of hydrogen-bond acceptors (Lipinski definition) is 4. The normalized spacial score (nSPS) is 22.0. The van der Waals surface area contributed by atoms with E-state index in [4.69, 9.17) is 4.74 Å². The van der Waals surface area contributed by atoms with Gasteiger partial charge in [-0.15, -0.1) is 0 Å². The van der Waals surface area contributed by atoms with E-state index in [-0.39, 0.29) is 0 Å². The lowest BCUT2D eigenvalue weighted by Crippen LogP contribution is -2.25. The zero-order valence-corrected chi connectivity index (χ0v) is 16.7. The van der Waals surface area contributed by atoms with Crippen LogP contribution in [0.4, 0.5) is 0 Å². The van der Waals surface area contributed by atoms with E-state index in [0.29, 0.717) is 6.04 Å². The van der Waals surface area contributed by atoms with Gasteiger partial charge in [0.15, 0.2) is 0 Å². The predicted molar refractivity (Wildman–Crippen MR) is 104 cm³/mol. The van der Waals surface area contributed by atoms with Gasteiger partial charge in [0.05, 0.1) is 6.61 Å². The highest BCUT2D eigenvalue weighted by molar-refractivity contribution is 4.72. The molecule has 3 rings (SSSR count). The second kappa shape index (κ2) is 24.1. The second-order valence-electron chi connectivity index (χ2n) is 5.52. The molecule has 3 N–H and O–H groups in total. The molecule has 23 heavy (non-hydrogen) atoms. The largest absolute Gasteiger partial charge is 0.383 e. The Kier molecular flexibility index (Phi) is 26.3. The quantitative estimate of drug-likeness (QED) is 0.724. The van der Waals surface area contributed by atoms with E-state index in [1.807, 2.05) is 27.7 Å². The molecule has 1 unspecified atom stereocenters. The van der Waals surface area contributed by atoms with Gasteiger partial charge >= 0.3 is 0 Å². The fourth-order valence-corrected chi connectivity index (χ4v) is 2.53. The molecule has 3 aliphatic heterocycles. The second-order valence-corrected chi connectivity index (χ2v) is 5.52. The van der Waals surface area contributed by atoms with E-state index in [9.17, 15) is 0 Å². The van der Waals surface area contributed by atoms with Gasteiger partial charge in [-0.25, -0.2) is 0 Å². The van der Waals surface area contributed by atoms with Gasteiger partial charge in [0.1, 0.15) is 0 Å². The van der Waals surface area contributed by atoms with Crippen LogP contribution >= 0.6 is 0 Å². The maximum absolute atomic E-state index is 4.96. The maximum Gasteiger partial charge on any atom is 0.0615 e. The Morgan fingerprint density at radius 2 is 1.17 bits per heavy atom. The molecule has 0 bridgehead atoms. The van der Waals surface area contributed by atoms with Crippen LogP contribution in [0.3, 0.4) is 0 Å². The van der Waals surface area contributed by atoms with Gasteiger partial charge in [0.25, 0.3) is 0 Å². The van der Waals surface area contributed by atoms with Gasteiger partial charge in [-0.2, -0.15) is 0 Å². The van der Waals surface area contributed by atoms with Crippen molar-refractivity contribution >= 4 is 0 Å². The van der Waals surface area contributed by atoms with Crippen molar-refractivity contribution in [2.45, 2.75) is 78.7 Å². The minimum atomic E-state index is 0.639. The summed E-state index contributed by atoms with van der Waals surface area (Å²) in [5, 5.41) is 9.84. The van der Waals surface area contributed by atoms with Crippen LogP contribution in [0, 0.1) is 0 Å².